The number of nitrogens with one attached hydrogen (secondary N) is 2. The number of benzene rings is 4. The summed E-state index contributed by atoms with van der Waals surface area (Å²) in [6.07, 6.45) is 6.99. The first kappa shape index (κ1) is 42.8. The molecule has 10 nitrogen and oxygen atoms in total. The zero-order valence-corrected chi connectivity index (χ0v) is 36.9. The van der Waals surface area contributed by atoms with Gasteiger partial charge in [-0.15, -0.1) is 11.8 Å². The SMILES string of the molecule is Cc1c(C#N)c(-c2cccc(N3CCN(C4=CC=C(NSc5ccc(N[C@H](CCN(C)C)CSc6ccccc6)c([N+](=O)[O-])c5)CC4)CC3)c2)c(-c2ccc(Cl)cc2)n1C. The second kappa shape index (κ2) is 19.8. The Morgan fingerprint density at radius 3 is 2.33 bits per heavy atom. The molecular weight excluding hydrogens is 808 g/mol. The van der Waals surface area contributed by atoms with E-state index in [9.17, 15) is 15.4 Å². The molecule has 1 aliphatic carbocycles. The minimum Gasteiger partial charge on any atom is -0.376 e. The zero-order valence-electron chi connectivity index (χ0n) is 34.5. The smallest absolute Gasteiger partial charge is 0.293 e. The van der Waals surface area contributed by atoms with Crippen molar-refractivity contribution in [1.29, 1.82) is 5.26 Å². The lowest BCUT2D eigenvalue weighted by Crippen LogP contribution is -2.46. The molecule has 0 saturated carbocycles. The summed E-state index contributed by atoms with van der Waals surface area (Å²) in [5, 5.41) is 26.7. The quantitative estimate of drug-likeness (QED) is 0.0431. The number of nitrogens with zero attached hydrogens (tertiary/aromatic N) is 6. The van der Waals surface area contributed by atoms with Gasteiger partial charge in [-0.25, -0.2) is 0 Å². The van der Waals surface area contributed by atoms with Crippen LogP contribution in [0.3, 0.4) is 0 Å². The van der Waals surface area contributed by atoms with Crippen molar-refractivity contribution in [1.82, 2.24) is 19.1 Å². The first-order chi connectivity index (χ1) is 29.1. The van der Waals surface area contributed by atoms with E-state index in [2.05, 4.69) is 83.9 Å². The van der Waals surface area contributed by atoms with Gasteiger partial charge < -0.3 is 29.3 Å². The highest BCUT2D eigenvalue weighted by Crippen LogP contribution is 2.40. The molecule has 5 aromatic rings. The Balaban J connectivity index is 0.961. The zero-order chi connectivity index (χ0) is 42.2. The van der Waals surface area contributed by atoms with Gasteiger partial charge in [-0.3, -0.25) is 10.1 Å². The summed E-state index contributed by atoms with van der Waals surface area (Å²) < 4.78 is 5.57. The van der Waals surface area contributed by atoms with Crippen LogP contribution in [-0.4, -0.2) is 77.9 Å². The van der Waals surface area contributed by atoms with E-state index in [0.29, 0.717) is 16.3 Å². The van der Waals surface area contributed by atoms with Gasteiger partial charge in [0.1, 0.15) is 11.8 Å². The maximum atomic E-state index is 12.3. The van der Waals surface area contributed by atoms with E-state index in [1.165, 1.54) is 22.5 Å². The van der Waals surface area contributed by atoms with Gasteiger partial charge in [0.2, 0.25) is 0 Å². The van der Waals surface area contributed by atoms with Crippen LogP contribution < -0.4 is 14.9 Å². The number of aromatic nitrogens is 1. The number of hydrogen-bond donors (Lipinski definition) is 2. The molecule has 0 radical (unpaired) electrons. The molecule has 1 aromatic heterocycles. The van der Waals surface area contributed by atoms with E-state index in [1.807, 2.05) is 82.7 Å². The summed E-state index contributed by atoms with van der Waals surface area (Å²) in [4.78, 5) is 21.0. The van der Waals surface area contributed by atoms with Crippen LogP contribution in [0.25, 0.3) is 22.4 Å². The van der Waals surface area contributed by atoms with Crippen LogP contribution in [0.15, 0.2) is 130 Å². The van der Waals surface area contributed by atoms with Crippen molar-refractivity contribution < 1.29 is 4.92 Å². The minimum absolute atomic E-state index is 0.0630. The number of piperazine rings is 1. The number of anilines is 2. The van der Waals surface area contributed by atoms with E-state index < -0.39 is 0 Å². The van der Waals surface area contributed by atoms with Crippen molar-refractivity contribution in [2.45, 2.75) is 42.0 Å². The van der Waals surface area contributed by atoms with Crippen molar-refractivity contribution in [3.63, 3.8) is 0 Å². The van der Waals surface area contributed by atoms with Gasteiger partial charge in [-0.05, 0) is 131 Å². The van der Waals surface area contributed by atoms with E-state index in [0.717, 1.165) is 102 Å². The maximum absolute atomic E-state index is 12.3. The van der Waals surface area contributed by atoms with Gasteiger partial charge >= 0.3 is 0 Å². The van der Waals surface area contributed by atoms with E-state index in [-0.39, 0.29) is 16.7 Å². The highest BCUT2D eigenvalue weighted by atomic mass is 35.5. The molecule has 2 N–H and O–H groups in total. The molecule has 13 heteroatoms. The Kier molecular flexibility index (Phi) is 14.1. The molecule has 2 aliphatic rings. The predicted octanol–water partition coefficient (Wildman–Crippen LogP) is 10.6. The molecule has 310 valence electrons. The number of rotatable bonds is 16. The highest BCUT2D eigenvalue weighted by molar-refractivity contribution is 7.99. The third-order valence-electron chi connectivity index (χ3n) is 11.2. The summed E-state index contributed by atoms with van der Waals surface area (Å²) in [6.45, 7) is 6.48. The molecule has 1 saturated heterocycles. The second-order valence-electron chi connectivity index (χ2n) is 15.4. The number of hydrogen-bond acceptors (Lipinski definition) is 10. The van der Waals surface area contributed by atoms with Gasteiger partial charge in [-0.1, -0.05) is 54.1 Å². The minimum atomic E-state index is -0.293. The molecular formula is C47H51ClN8O2S2. The average Bonchev–Trinajstić information content (AvgIpc) is 3.53. The molecule has 4 aromatic carbocycles. The molecule has 0 amide bonds. The topological polar surface area (TPSA) is 106 Å². The monoisotopic (exact) mass is 858 g/mol. The normalized spacial score (nSPS) is 14.7. The largest absolute Gasteiger partial charge is 0.376 e. The van der Waals surface area contributed by atoms with Crippen molar-refractivity contribution in [2.24, 2.45) is 7.05 Å². The number of allylic oxidation sites excluding steroid dienone is 4. The number of thioether (sulfide) groups is 1. The van der Waals surface area contributed by atoms with Crippen LogP contribution in [0, 0.1) is 28.4 Å². The van der Waals surface area contributed by atoms with Crippen molar-refractivity contribution >= 4 is 52.4 Å². The van der Waals surface area contributed by atoms with Gasteiger partial charge in [0.05, 0.1) is 16.2 Å². The Morgan fingerprint density at radius 1 is 0.900 bits per heavy atom. The Bertz CT molecular complexity index is 2400. The summed E-state index contributed by atoms with van der Waals surface area (Å²) in [6, 6.07) is 34.6. The van der Waals surface area contributed by atoms with Crippen LogP contribution in [0.1, 0.15) is 30.5 Å². The summed E-state index contributed by atoms with van der Waals surface area (Å²) in [5.74, 6) is 0.798. The number of nitriles is 1. The fourth-order valence-electron chi connectivity index (χ4n) is 7.77. The van der Waals surface area contributed by atoms with Crippen molar-refractivity contribution in [2.75, 3.05) is 62.8 Å². The second-order valence-corrected chi connectivity index (χ2v) is 17.8. The Morgan fingerprint density at radius 2 is 1.65 bits per heavy atom. The fraction of sp³-hybridized carbons (Fsp3) is 0.298. The summed E-state index contributed by atoms with van der Waals surface area (Å²) in [7, 11) is 6.11. The molecule has 7 rings (SSSR count). The molecule has 0 bridgehead atoms. The van der Waals surface area contributed by atoms with E-state index >= 15 is 0 Å². The van der Waals surface area contributed by atoms with Crippen LogP contribution in [0.5, 0.6) is 0 Å². The van der Waals surface area contributed by atoms with E-state index in [4.69, 9.17) is 11.6 Å². The lowest BCUT2D eigenvalue weighted by Gasteiger charge is -2.39. The highest BCUT2D eigenvalue weighted by Gasteiger charge is 2.25. The third-order valence-corrected chi connectivity index (χ3v) is 13.5. The molecule has 0 unspecified atom stereocenters. The maximum Gasteiger partial charge on any atom is 0.293 e. The van der Waals surface area contributed by atoms with Crippen LogP contribution in [0.2, 0.25) is 5.02 Å². The molecule has 60 heavy (non-hydrogen) atoms. The molecule has 1 fully saturated rings. The van der Waals surface area contributed by atoms with Gasteiger partial charge in [0, 0.05) is 94.2 Å². The molecule has 1 aliphatic heterocycles. The van der Waals surface area contributed by atoms with Gasteiger partial charge in [0.25, 0.3) is 5.69 Å². The van der Waals surface area contributed by atoms with Crippen LogP contribution >= 0.6 is 35.3 Å². The third kappa shape index (κ3) is 10.3. The molecule has 2 heterocycles. The lowest BCUT2D eigenvalue weighted by atomic mass is 9.97. The number of nitro benzene ring substituents is 1. The molecule has 0 spiro atoms. The Labute approximate surface area is 367 Å². The van der Waals surface area contributed by atoms with Gasteiger partial charge in [0.15, 0.2) is 0 Å². The summed E-state index contributed by atoms with van der Waals surface area (Å²) >= 11 is 9.39. The van der Waals surface area contributed by atoms with Crippen molar-refractivity contribution in [3.05, 3.63) is 147 Å². The summed E-state index contributed by atoms with van der Waals surface area (Å²) in [5.41, 5.74) is 9.82. The standard InChI is InChI=1S/C47H51ClN8O2S2/c1-33-43(31-49)46(47(53(33)4)34-13-15-36(48)16-14-34)35-9-8-10-40(29-35)55-27-25-54(26-28-55)39-19-17-37(18-20-39)51-60-42-21-22-44(45(30-42)56(57)58)50-38(23-24-52(2)3)32-59-41-11-6-5-7-12-41/h5-17,19,21-22,29-30,38,50-51H,18,20,23-28,32H2,1-4H3/t38-/m1/s1. The average molecular weight is 860 g/mol. The van der Waals surface area contributed by atoms with Crippen LogP contribution in [0.4, 0.5) is 17.1 Å². The number of halogens is 1. The first-order valence-electron chi connectivity index (χ1n) is 20.2. The number of nitro groups is 1. The van der Waals surface area contributed by atoms with Crippen molar-refractivity contribution in [3.8, 4) is 28.5 Å². The van der Waals surface area contributed by atoms with E-state index in [1.54, 1.807) is 17.8 Å². The van der Waals surface area contributed by atoms with Gasteiger partial charge in [-0.2, -0.15) is 5.26 Å². The lowest BCUT2D eigenvalue weighted by molar-refractivity contribution is -0.384. The van der Waals surface area contributed by atoms with Crippen LogP contribution in [-0.2, 0) is 7.05 Å². The molecule has 1 atom stereocenters. The Hall–Kier alpha value is -5.32. The predicted molar refractivity (Wildman–Crippen MR) is 250 cm³/mol. The first-order valence-corrected chi connectivity index (χ1v) is 22.4. The fourth-order valence-corrected chi connectivity index (χ4v) is 9.61.